The molecule has 2 aliphatic rings. The van der Waals surface area contributed by atoms with Crippen molar-refractivity contribution < 1.29 is 27.5 Å². The lowest BCUT2D eigenvalue weighted by Gasteiger charge is -2.38. The van der Waals surface area contributed by atoms with Crippen LogP contribution in [0, 0.1) is 0 Å². The molecule has 0 unspecified atom stereocenters. The largest absolute Gasteiger partial charge is 0.497 e. The zero-order valence-electron chi connectivity index (χ0n) is 18.4. The average molecular weight is 471 g/mol. The van der Waals surface area contributed by atoms with Gasteiger partial charge in [-0.05, 0) is 49.2 Å². The van der Waals surface area contributed by atoms with E-state index in [4.69, 9.17) is 4.74 Å². The fraction of sp³-hybridized carbons (Fsp3) is 0.375. The predicted octanol–water partition coefficient (Wildman–Crippen LogP) is 2.54. The highest BCUT2D eigenvalue weighted by Crippen LogP contribution is 2.26. The molecule has 0 bridgehead atoms. The summed E-state index contributed by atoms with van der Waals surface area (Å²) in [6.07, 6.45) is 2.25. The minimum Gasteiger partial charge on any atom is -0.497 e. The average Bonchev–Trinajstić information content (AvgIpc) is 3.02. The molecular weight excluding hydrogens is 444 g/mol. The summed E-state index contributed by atoms with van der Waals surface area (Å²) >= 11 is 0. The molecule has 174 valence electrons. The van der Waals surface area contributed by atoms with Crippen LogP contribution in [0.3, 0.4) is 0 Å². The normalized spacial score (nSPS) is 16.0. The number of fused-ring (bicyclic) bond motifs is 1. The lowest BCUT2D eigenvalue weighted by atomic mass is 10.1. The zero-order chi connectivity index (χ0) is 23.6. The van der Waals surface area contributed by atoms with Crippen LogP contribution in [0.2, 0.25) is 0 Å². The Morgan fingerprint density at radius 3 is 2.12 bits per heavy atom. The number of ether oxygens (including phenoxy) is 1. The van der Waals surface area contributed by atoms with Crippen LogP contribution < -0.4 is 4.74 Å². The van der Waals surface area contributed by atoms with Gasteiger partial charge in [-0.15, -0.1) is 0 Å². The number of methoxy groups -OCH3 is 1. The Labute approximate surface area is 193 Å². The van der Waals surface area contributed by atoms with Gasteiger partial charge in [0.2, 0.25) is 5.91 Å². The highest BCUT2D eigenvalue weighted by molar-refractivity contribution is 7.92. The molecule has 0 radical (unpaired) electrons. The maximum atomic E-state index is 12.7. The van der Waals surface area contributed by atoms with Crippen LogP contribution >= 0.6 is 0 Å². The molecule has 9 heteroatoms. The van der Waals surface area contributed by atoms with E-state index < -0.39 is 15.1 Å². The van der Waals surface area contributed by atoms with Crippen LogP contribution in [-0.2, 0) is 14.6 Å². The van der Waals surface area contributed by atoms with Crippen molar-refractivity contribution >= 4 is 27.6 Å². The topological polar surface area (TPSA) is 101 Å². The highest BCUT2D eigenvalue weighted by atomic mass is 32.2. The fourth-order valence-electron chi connectivity index (χ4n) is 4.12. The molecule has 0 spiro atoms. The van der Waals surface area contributed by atoms with E-state index in [1.54, 1.807) is 41.3 Å². The molecule has 4 rings (SSSR count). The lowest BCUT2D eigenvalue weighted by Crippen LogP contribution is -2.56. The van der Waals surface area contributed by atoms with Crippen molar-refractivity contribution in [3.8, 4) is 5.75 Å². The van der Waals surface area contributed by atoms with Gasteiger partial charge in [0, 0.05) is 26.1 Å². The third-order valence-electron chi connectivity index (χ3n) is 6.18. The first-order valence-electron chi connectivity index (χ1n) is 10.9. The molecule has 2 aromatic carbocycles. The Morgan fingerprint density at radius 1 is 0.939 bits per heavy atom. The van der Waals surface area contributed by atoms with E-state index in [9.17, 15) is 22.8 Å². The number of sulfone groups is 1. The standard InChI is InChI=1S/C24H26N2O6S/c1-32-17-10-12-18(13-11-17)33(30,31)19-15-25(16-19)22(27)9-3-2-6-14-26-23(28)20-7-4-5-8-21(20)24(26)29/h4-5,7-8,10-13,19H,2-3,6,9,14-16H2,1H3. The number of nitrogens with zero attached hydrogens (tertiary/aromatic N) is 2. The van der Waals surface area contributed by atoms with Gasteiger partial charge in [-0.3, -0.25) is 19.3 Å². The van der Waals surface area contributed by atoms with Crippen molar-refractivity contribution in [1.82, 2.24) is 9.80 Å². The summed E-state index contributed by atoms with van der Waals surface area (Å²) in [5.41, 5.74) is 0.879. The second-order valence-corrected chi connectivity index (χ2v) is 10.5. The number of rotatable bonds is 9. The highest BCUT2D eigenvalue weighted by Gasteiger charge is 2.40. The monoisotopic (exact) mass is 470 g/mol. The quantitative estimate of drug-likeness (QED) is 0.412. The summed E-state index contributed by atoms with van der Waals surface area (Å²) in [7, 11) is -1.97. The molecule has 0 aliphatic carbocycles. The van der Waals surface area contributed by atoms with Crippen LogP contribution in [0.1, 0.15) is 46.4 Å². The van der Waals surface area contributed by atoms with Crippen LogP contribution in [0.4, 0.5) is 0 Å². The Balaban J connectivity index is 1.17. The molecule has 0 N–H and O–H groups in total. The van der Waals surface area contributed by atoms with Gasteiger partial charge in [0.15, 0.2) is 9.84 Å². The van der Waals surface area contributed by atoms with Crippen LogP contribution in [-0.4, -0.2) is 67.9 Å². The van der Waals surface area contributed by atoms with Crippen molar-refractivity contribution in [2.75, 3.05) is 26.7 Å². The predicted molar refractivity (Wildman–Crippen MR) is 121 cm³/mol. The zero-order valence-corrected chi connectivity index (χ0v) is 19.2. The number of imide groups is 1. The molecule has 1 saturated heterocycles. The molecular formula is C24H26N2O6S. The summed E-state index contributed by atoms with van der Waals surface area (Å²) in [6.45, 7) is 0.719. The van der Waals surface area contributed by atoms with E-state index in [1.807, 2.05) is 0 Å². The first kappa shape index (κ1) is 23.0. The SMILES string of the molecule is COc1ccc(S(=O)(=O)C2CN(C(=O)CCCCCN3C(=O)c4ccccc4C3=O)C2)cc1. The molecule has 2 aliphatic heterocycles. The van der Waals surface area contributed by atoms with Crippen LogP contribution in [0.5, 0.6) is 5.75 Å². The van der Waals surface area contributed by atoms with Gasteiger partial charge < -0.3 is 9.64 Å². The van der Waals surface area contributed by atoms with E-state index in [0.29, 0.717) is 49.1 Å². The number of carbonyl (C=O) groups excluding carboxylic acids is 3. The Hall–Kier alpha value is -3.20. The number of likely N-dealkylation sites (tertiary alicyclic amines) is 1. The number of unbranched alkanes of at least 4 members (excludes halogenated alkanes) is 2. The smallest absolute Gasteiger partial charge is 0.261 e. The molecule has 33 heavy (non-hydrogen) atoms. The van der Waals surface area contributed by atoms with E-state index in [0.717, 1.165) is 0 Å². The molecule has 1 fully saturated rings. The van der Waals surface area contributed by atoms with Crippen LogP contribution in [0.15, 0.2) is 53.4 Å². The van der Waals surface area contributed by atoms with Gasteiger partial charge in [-0.2, -0.15) is 0 Å². The first-order chi connectivity index (χ1) is 15.8. The van der Waals surface area contributed by atoms with Gasteiger partial charge in [0.1, 0.15) is 11.0 Å². The minimum absolute atomic E-state index is 0.0723. The third kappa shape index (κ3) is 4.50. The third-order valence-corrected chi connectivity index (χ3v) is 8.28. The van der Waals surface area contributed by atoms with Crippen LogP contribution in [0.25, 0.3) is 0 Å². The van der Waals surface area contributed by atoms with E-state index in [1.165, 1.54) is 24.1 Å². The van der Waals surface area contributed by atoms with E-state index >= 15 is 0 Å². The first-order valence-corrected chi connectivity index (χ1v) is 12.5. The fourth-order valence-corrected chi connectivity index (χ4v) is 5.77. The van der Waals surface area contributed by atoms with E-state index in [-0.39, 0.29) is 35.7 Å². The van der Waals surface area contributed by atoms with Crippen molar-refractivity contribution in [1.29, 1.82) is 0 Å². The minimum atomic E-state index is -3.48. The lowest BCUT2D eigenvalue weighted by molar-refractivity contribution is -0.134. The summed E-state index contributed by atoms with van der Waals surface area (Å²) < 4.78 is 30.5. The molecule has 8 nitrogen and oxygen atoms in total. The van der Waals surface area contributed by atoms with Gasteiger partial charge >= 0.3 is 0 Å². The Kier molecular flexibility index (Phi) is 6.51. The Bertz CT molecular complexity index is 1130. The number of benzene rings is 2. The molecule has 2 aromatic rings. The summed E-state index contributed by atoms with van der Waals surface area (Å²) in [5, 5.41) is -0.594. The second kappa shape index (κ2) is 9.35. The maximum Gasteiger partial charge on any atom is 0.261 e. The molecule has 0 atom stereocenters. The van der Waals surface area contributed by atoms with Crippen molar-refractivity contribution in [2.24, 2.45) is 0 Å². The molecule has 2 heterocycles. The van der Waals surface area contributed by atoms with Gasteiger partial charge in [-0.1, -0.05) is 18.6 Å². The van der Waals surface area contributed by atoms with Crippen molar-refractivity contribution in [3.05, 3.63) is 59.7 Å². The summed E-state index contributed by atoms with van der Waals surface area (Å²) in [4.78, 5) is 40.1. The van der Waals surface area contributed by atoms with Gasteiger partial charge in [0.05, 0.1) is 23.1 Å². The summed E-state index contributed by atoms with van der Waals surface area (Å²) in [6, 6.07) is 13.0. The second-order valence-electron chi connectivity index (χ2n) is 8.26. The van der Waals surface area contributed by atoms with E-state index in [2.05, 4.69) is 0 Å². The number of carbonyl (C=O) groups is 3. The molecule has 0 saturated carbocycles. The van der Waals surface area contributed by atoms with Crippen molar-refractivity contribution in [3.63, 3.8) is 0 Å². The number of hydrogen-bond acceptors (Lipinski definition) is 6. The molecule has 3 amide bonds. The summed E-state index contributed by atoms with van der Waals surface area (Å²) in [5.74, 6) is -0.0213. The maximum absolute atomic E-state index is 12.7. The number of amides is 3. The van der Waals surface area contributed by atoms with Gasteiger partial charge in [0.25, 0.3) is 11.8 Å². The Morgan fingerprint density at radius 2 is 1.55 bits per heavy atom. The molecule has 0 aromatic heterocycles. The number of hydrogen-bond donors (Lipinski definition) is 0. The van der Waals surface area contributed by atoms with Crippen molar-refractivity contribution in [2.45, 2.75) is 35.8 Å². The van der Waals surface area contributed by atoms with Gasteiger partial charge in [-0.25, -0.2) is 8.42 Å².